The molecule has 3 N–H and O–H groups in total. The lowest BCUT2D eigenvalue weighted by atomic mass is 9.94. The van der Waals surface area contributed by atoms with Crippen LogP contribution in [-0.4, -0.2) is 46.6 Å². The summed E-state index contributed by atoms with van der Waals surface area (Å²) >= 11 is 0. The number of carboxylic acids is 1. The maximum atomic E-state index is 12.4. The fourth-order valence-electron chi connectivity index (χ4n) is 3.45. The fourth-order valence-corrected chi connectivity index (χ4v) is 3.45. The van der Waals surface area contributed by atoms with E-state index < -0.39 is 18.7 Å². The van der Waals surface area contributed by atoms with Crippen LogP contribution in [0.5, 0.6) is 0 Å². The molecule has 0 heterocycles. The molecular weight excluding hydrogens is 372 g/mol. The summed E-state index contributed by atoms with van der Waals surface area (Å²) in [6.07, 6.45) is 15.0. The number of carbonyl (C=O) groups excluding carboxylic acids is 1. The zero-order valence-electron chi connectivity index (χ0n) is 18.4. The molecule has 0 fully saturated rings. The molecule has 0 radical (unpaired) electrons. The Morgan fingerprint density at radius 1 is 0.793 bits per heavy atom. The lowest BCUT2D eigenvalue weighted by Crippen LogP contribution is -2.25. The zero-order chi connectivity index (χ0) is 21.7. The van der Waals surface area contributed by atoms with Gasteiger partial charge in [0.25, 0.3) is 0 Å². The van der Waals surface area contributed by atoms with E-state index in [-0.39, 0.29) is 24.9 Å². The maximum absolute atomic E-state index is 12.4. The maximum Gasteiger partial charge on any atom is 0.309 e. The Labute approximate surface area is 177 Å². The molecule has 0 aromatic carbocycles. The molecule has 0 amide bonds. The molecule has 0 aliphatic heterocycles. The van der Waals surface area contributed by atoms with Crippen molar-refractivity contribution in [2.75, 3.05) is 13.2 Å². The predicted molar refractivity (Wildman–Crippen MR) is 115 cm³/mol. The molecule has 0 bridgehead atoms. The molecular formula is C23H44O6. The number of hydrogen-bond acceptors (Lipinski definition) is 5. The van der Waals surface area contributed by atoms with Crippen molar-refractivity contribution in [1.29, 1.82) is 0 Å². The Hall–Kier alpha value is -1.14. The average Bonchev–Trinajstić information content (AvgIpc) is 2.71. The number of aliphatic carboxylic acids is 1. The molecule has 0 spiro atoms. The monoisotopic (exact) mass is 416 g/mol. The molecule has 2 atom stereocenters. The Morgan fingerprint density at radius 2 is 1.28 bits per heavy atom. The van der Waals surface area contributed by atoms with Gasteiger partial charge in [-0.3, -0.25) is 9.59 Å². The van der Waals surface area contributed by atoms with Gasteiger partial charge in [-0.25, -0.2) is 0 Å². The van der Waals surface area contributed by atoms with Gasteiger partial charge in [0.1, 0.15) is 12.7 Å². The van der Waals surface area contributed by atoms with Crippen LogP contribution in [0.2, 0.25) is 0 Å². The van der Waals surface area contributed by atoms with Gasteiger partial charge in [0.2, 0.25) is 0 Å². The molecule has 2 unspecified atom stereocenters. The van der Waals surface area contributed by atoms with Gasteiger partial charge in [-0.2, -0.15) is 0 Å². The Bertz CT molecular complexity index is 399. The summed E-state index contributed by atoms with van der Waals surface area (Å²) in [4.78, 5) is 22.8. The van der Waals surface area contributed by atoms with E-state index in [1.54, 1.807) is 0 Å². The molecule has 0 aliphatic carbocycles. The largest absolute Gasteiger partial charge is 0.481 e. The summed E-state index contributed by atoms with van der Waals surface area (Å²) < 4.78 is 5.20. The van der Waals surface area contributed by atoms with Crippen molar-refractivity contribution in [2.24, 2.45) is 5.92 Å². The van der Waals surface area contributed by atoms with Gasteiger partial charge in [0.05, 0.1) is 12.5 Å². The van der Waals surface area contributed by atoms with Crippen molar-refractivity contribution in [2.45, 2.75) is 116 Å². The van der Waals surface area contributed by atoms with Crippen LogP contribution in [0.1, 0.15) is 110 Å². The van der Waals surface area contributed by atoms with Crippen LogP contribution < -0.4 is 0 Å². The second-order valence-electron chi connectivity index (χ2n) is 8.13. The second-order valence-corrected chi connectivity index (χ2v) is 8.13. The summed E-state index contributed by atoms with van der Waals surface area (Å²) in [6, 6.07) is 0. The second kappa shape index (κ2) is 20.1. The van der Waals surface area contributed by atoms with Crippen molar-refractivity contribution in [3.63, 3.8) is 0 Å². The van der Waals surface area contributed by atoms with E-state index in [0.717, 1.165) is 70.6 Å². The van der Waals surface area contributed by atoms with Gasteiger partial charge < -0.3 is 20.1 Å². The van der Waals surface area contributed by atoms with Crippen LogP contribution in [0.25, 0.3) is 0 Å². The summed E-state index contributed by atoms with van der Waals surface area (Å²) in [5.41, 5.74) is 0. The Balaban J connectivity index is 4.03. The van der Waals surface area contributed by atoms with Crippen LogP contribution in [0.3, 0.4) is 0 Å². The molecule has 172 valence electrons. The number of carbonyl (C=O) groups is 2. The first-order valence-corrected chi connectivity index (χ1v) is 11.7. The minimum absolute atomic E-state index is 0.123. The lowest BCUT2D eigenvalue weighted by molar-refractivity contribution is -0.152. The minimum atomic E-state index is -1.00. The Kier molecular flexibility index (Phi) is 19.4. The number of unbranched alkanes of at least 4 members (excludes halogenated alkanes) is 11. The van der Waals surface area contributed by atoms with Gasteiger partial charge in [-0.1, -0.05) is 84.0 Å². The standard InChI is InChI=1S/C23H44O6/c1-2-3-4-5-9-12-15-20(23(28)29-19-21(25)18-24)16-13-10-7-6-8-11-14-17-22(26)27/h20-21,24-25H,2-19H2,1H3,(H,26,27). The van der Waals surface area contributed by atoms with Crippen LogP contribution in [0.4, 0.5) is 0 Å². The normalized spacial score (nSPS) is 13.2. The highest BCUT2D eigenvalue weighted by molar-refractivity contribution is 5.72. The molecule has 0 saturated heterocycles. The molecule has 0 rings (SSSR count). The van der Waals surface area contributed by atoms with Crippen molar-refractivity contribution in [1.82, 2.24) is 0 Å². The molecule has 6 heteroatoms. The third-order valence-corrected chi connectivity index (χ3v) is 5.31. The van der Waals surface area contributed by atoms with Gasteiger partial charge in [0, 0.05) is 6.42 Å². The van der Waals surface area contributed by atoms with Crippen molar-refractivity contribution in [3.05, 3.63) is 0 Å². The first kappa shape index (κ1) is 27.9. The van der Waals surface area contributed by atoms with Crippen molar-refractivity contribution < 1.29 is 29.6 Å². The zero-order valence-corrected chi connectivity index (χ0v) is 18.4. The fraction of sp³-hybridized carbons (Fsp3) is 0.913. The topological polar surface area (TPSA) is 104 Å². The summed E-state index contributed by atoms with van der Waals surface area (Å²) in [6.45, 7) is 1.66. The predicted octanol–water partition coefficient (Wildman–Crippen LogP) is 4.85. The summed E-state index contributed by atoms with van der Waals surface area (Å²) in [7, 11) is 0. The molecule has 0 saturated carbocycles. The number of ether oxygens (including phenoxy) is 1. The number of hydrogen-bond donors (Lipinski definition) is 3. The van der Waals surface area contributed by atoms with Crippen LogP contribution in [0, 0.1) is 5.92 Å². The third kappa shape index (κ3) is 18.6. The van der Waals surface area contributed by atoms with E-state index >= 15 is 0 Å². The van der Waals surface area contributed by atoms with Gasteiger partial charge in [-0.15, -0.1) is 0 Å². The average molecular weight is 417 g/mol. The number of rotatable bonds is 21. The highest BCUT2D eigenvalue weighted by Gasteiger charge is 2.20. The third-order valence-electron chi connectivity index (χ3n) is 5.31. The van der Waals surface area contributed by atoms with E-state index in [2.05, 4.69) is 6.92 Å². The molecule has 0 aliphatic rings. The molecule has 0 aromatic rings. The number of esters is 1. The number of aliphatic hydroxyl groups excluding tert-OH is 2. The van der Waals surface area contributed by atoms with Crippen molar-refractivity contribution in [3.8, 4) is 0 Å². The first-order valence-electron chi connectivity index (χ1n) is 11.7. The Morgan fingerprint density at radius 3 is 1.76 bits per heavy atom. The molecule has 6 nitrogen and oxygen atoms in total. The van der Waals surface area contributed by atoms with Crippen molar-refractivity contribution >= 4 is 11.9 Å². The van der Waals surface area contributed by atoms with E-state index in [4.69, 9.17) is 14.9 Å². The van der Waals surface area contributed by atoms with Gasteiger partial charge in [-0.05, 0) is 19.3 Å². The van der Waals surface area contributed by atoms with Crippen LogP contribution in [0.15, 0.2) is 0 Å². The summed E-state index contributed by atoms with van der Waals surface area (Å²) in [5.74, 6) is -1.10. The lowest BCUT2D eigenvalue weighted by Gasteiger charge is -2.17. The SMILES string of the molecule is CCCCCCCCC(CCCCCCCCCC(=O)O)C(=O)OCC(O)CO. The minimum Gasteiger partial charge on any atom is -0.481 e. The first-order chi connectivity index (χ1) is 14.0. The summed E-state index contributed by atoms with van der Waals surface area (Å²) in [5, 5.41) is 26.9. The van der Waals surface area contributed by atoms with Gasteiger partial charge >= 0.3 is 11.9 Å². The van der Waals surface area contributed by atoms with E-state index in [0.29, 0.717) is 0 Å². The molecule has 29 heavy (non-hydrogen) atoms. The number of carboxylic acid groups (broad SMARTS) is 1. The smallest absolute Gasteiger partial charge is 0.309 e. The van der Waals surface area contributed by atoms with Crippen LogP contribution >= 0.6 is 0 Å². The molecule has 0 aromatic heterocycles. The van der Waals surface area contributed by atoms with Gasteiger partial charge in [0.15, 0.2) is 0 Å². The number of aliphatic hydroxyl groups is 2. The van der Waals surface area contributed by atoms with E-state index in [9.17, 15) is 14.7 Å². The quantitative estimate of drug-likeness (QED) is 0.183. The van der Waals surface area contributed by atoms with E-state index in [1.165, 1.54) is 25.7 Å². The van der Waals surface area contributed by atoms with Crippen LogP contribution in [-0.2, 0) is 14.3 Å². The highest BCUT2D eigenvalue weighted by atomic mass is 16.5. The highest BCUT2D eigenvalue weighted by Crippen LogP contribution is 2.21. The van der Waals surface area contributed by atoms with E-state index in [1.807, 2.05) is 0 Å².